The summed E-state index contributed by atoms with van der Waals surface area (Å²) in [5.41, 5.74) is -1.62. The number of rotatable bonds is 7. The quantitative estimate of drug-likeness (QED) is 0.180. The standard InChI is InChI=1S/C46H58N4O9/c1-8-42(54)23-28-24-45(40(52)57-6,36-30(15-19-49(25-28)26-42)29-13-10-11-14-33(29)47-36)32-21-31-34(22-35(32)56-5)48(4)38-44(31)17-20-50-18-12-16-43(9-2,37(44)50)39(59-27(3)51)46(38,55)41(53)58-7/h10-14,16,21-22,28,37-39,47,54-55H,8-9,15,17-20,23-26H2,1-7H3/t28-,37+,38-,39-,42-,43-,44-,45-,46+/m1/s1. The van der Waals surface area contributed by atoms with Gasteiger partial charge in [-0.05, 0) is 74.2 Å². The summed E-state index contributed by atoms with van der Waals surface area (Å²) >= 11 is 0. The van der Waals surface area contributed by atoms with Gasteiger partial charge in [-0.1, -0.05) is 44.2 Å². The molecule has 1 unspecified atom stereocenters. The van der Waals surface area contributed by atoms with Crippen LogP contribution in [0, 0.1) is 11.3 Å². The fraction of sp³-hybridized carbons (Fsp3) is 0.587. The Morgan fingerprint density at radius 2 is 1.71 bits per heavy atom. The van der Waals surface area contributed by atoms with Crippen molar-refractivity contribution in [2.75, 3.05) is 66.0 Å². The molecule has 10 atom stereocenters. The van der Waals surface area contributed by atoms with Crippen LogP contribution in [-0.4, -0.2) is 133 Å². The third kappa shape index (κ3) is 5.20. The summed E-state index contributed by atoms with van der Waals surface area (Å²) in [6.45, 7) is 8.62. The zero-order chi connectivity index (χ0) is 41.9. The lowest BCUT2D eigenvalue weighted by Gasteiger charge is -2.63. The number of nitrogens with one attached hydrogen (secondary N) is 1. The summed E-state index contributed by atoms with van der Waals surface area (Å²) in [6.07, 6.45) is 5.94. The number of benzene rings is 2. The fourth-order valence-corrected chi connectivity index (χ4v) is 13.5. The van der Waals surface area contributed by atoms with E-state index in [0.29, 0.717) is 82.6 Å². The molecule has 316 valence electrons. The number of H-pyrrole nitrogens is 1. The molecule has 1 aromatic heterocycles. The molecular weight excluding hydrogens is 753 g/mol. The van der Waals surface area contributed by atoms with Crippen LogP contribution in [0.25, 0.3) is 10.9 Å². The maximum Gasteiger partial charge on any atom is 0.344 e. The van der Waals surface area contributed by atoms with Gasteiger partial charge in [-0.25, -0.2) is 4.79 Å². The van der Waals surface area contributed by atoms with Crippen molar-refractivity contribution in [1.82, 2.24) is 14.8 Å². The Labute approximate surface area is 345 Å². The van der Waals surface area contributed by atoms with Crippen molar-refractivity contribution in [3.63, 3.8) is 0 Å². The largest absolute Gasteiger partial charge is 0.496 e. The van der Waals surface area contributed by atoms with Crippen molar-refractivity contribution in [3.8, 4) is 5.75 Å². The monoisotopic (exact) mass is 810 g/mol. The highest BCUT2D eigenvalue weighted by molar-refractivity contribution is 5.95. The first kappa shape index (κ1) is 40.0. The molecule has 1 spiro atoms. The van der Waals surface area contributed by atoms with Crippen LogP contribution in [0.5, 0.6) is 5.75 Å². The van der Waals surface area contributed by atoms with Crippen molar-refractivity contribution in [2.24, 2.45) is 11.3 Å². The molecular formula is C46H58N4O9. The second kappa shape index (κ2) is 13.8. The highest BCUT2D eigenvalue weighted by atomic mass is 16.6. The lowest BCUT2D eigenvalue weighted by atomic mass is 9.47. The van der Waals surface area contributed by atoms with E-state index in [9.17, 15) is 19.8 Å². The molecule has 13 heteroatoms. The molecule has 0 amide bonds. The first-order valence-corrected chi connectivity index (χ1v) is 21.2. The van der Waals surface area contributed by atoms with Crippen LogP contribution in [0.4, 0.5) is 5.69 Å². The number of carbonyl (C=O) groups excluding carboxylic acids is 3. The number of likely N-dealkylation sites (N-methyl/N-ethyl adjacent to an activating group) is 1. The Bertz CT molecular complexity index is 2260. The van der Waals surface area contributed by atoms with Gasteiger partial charge < -0.3 is 39.0 Å². The number of fused-ring (bicyclic) bond motifs is 6. The van der Waals surface area contributed by atoms with Crippen LogP contribution in [0.3, 0.4) is 0 Å². The number of esters is 3. The Morgan fingerprint density at radius 3 is 2.41 bits per heavy atom. The summed E-state index contributed by atoms with van der Waals surface area (Å²) < 4.78 is 23.9. The third-order valence-electron chi connectivity index (χ3n) is 15.6. The van der Waals surface area contributed by atoms with Gasteiger partial charge in [-0.15, -0.1) is 0 Å². The van der Waals surface area contributed by atoms with E-state index in [4.69, 9.17) is 18.9 Å². The number of aliphatic hydroxyl groups is 2. The number of hydrogen-bond acceptors (Lipinski definition) is 12. The summed E-state index contributed by atoms with van der Waals surface area (Å²) in [4.78, 5) is 53.2. The molecule has 3 N–H and O–H groups in total. The van der Waals surface area contributed by atoms with Crippen molar-refractivity contribution in [3.05, 3.63) is 70.9 Å². The molecule has 59 heavy (non-hydrogen) atoms. The van der Waals surface area contributed by atoms with Crippen molar-refractivity contribution < 1.29 is 43.5 Å². The molecule has 1 saturated carbocycles. The van der Waals surface area contributed by atoms with Gasteiger partial charge in [0, 0.05) is 90.9 Å². The van der Waals surface area contributed by atoms with Crippen LogP contribution < -0.4 is 9.64 Å². The number of anilines is 1. The Hall–Kier alpha value is -4.43. The Morgan fingerprint density at radius 1 is 0.949 bits per heavy atom. The van der Waals surface area contributed by atoms with E-state index in [1.807, 2.05) is 50.1 Å². The maximum absolute atomic E-state index is 15.3. The number of hydrogen-bond donors (Lipinski definition) is 3. The minimum atomic E-state index is -2.30. The van der Waals surface area contributed by atoms with Crippen LogP contribution >= 0.6 is 0 Å². The highest BCUT2D eigenvalue weighted by Gasteiger charge is 2.80. The predicted octanol–water partition coefficient (Wildman–Crippen LogP) is 3.99. The number of para-hydroxylation sites is 1. The van der Waals surface area contributed by atoms with E-state index in [1.165, 1.54) is 21.1 Å². The van der Waals surface area contributed by atoms with Crippen molar-refractivity contribution >= 4 is 34.5 Å². The summed E-state index contributed by atoms with van der Waals surface area (Å²) in [6, 6.07) is 11.0. The van der Waals surface area contributed by atoms with Gasteiger partial charge in [0.15, 0.2) is 6.10 Å². The highest BCUT2D eigenvalue weighted by Crippen LogP contribution is 2.68. The number of aromatic amines is 1. The zero-order valence-electron chi connectivity index (χ0n) is 35.3. The molecule has 9 rings (SSSR count). The minimum Gasteiger partial charge on any atom is -0.496 e. The van der Waals surface area contributed by atoms with E-state index >= 15 is 4.79 Å². The maximum atomic E-state index is 15.3. The molecule has 2 bridgehead atoms. The smallest absolute Gasteiger partial charge is 0.344 e. The SMILES string of the molecule is CC[C@@]1(O)C[C@H]2CN(CCc3c([nH]c4ccccc34)[C@](C(=O)OC)(c3cc4c(cc3OC)N(C)[C@H]3[C@@](O)(C(=O)OC)[C@H](OC(C)=O)[C@]5(CC)C=CCN6CC[C@]43[C@@H]65)C2)C1. The average Bonchev–Trinajstić information content (AvgIpc) is 3.90. The van der Waals surface area contributed by atoms with Gasteiger partial charge >= 0.3 is 17.9 Å². The molecule has 6 aliphatic rings. The molecule has 3 aromatic rings. The molecule has 13 nitrogen and oxygen atoms in total. The zero-order valence-corrected chi connectivity index (χ0v) is 35.3. The molecule has 2 aromatic carbocycles. The Kier molecular flexibility index (Phi) is 9.36. The van der Waals surface area contributed by atoms with Crippen LogP contribution in [0.15, 0.2) is 48.6 Å². The summed E-state index contributed by atoms with van der Waals surface area (Å²) in [7, 11) is 6.15. The number of piperidine rings is 1. The van der Waals surface area contributed by atoms with Gasteiger partial charge in [-0.3, -0.25) is 19.4 Å². The molecule has 1 aliphatic carbocycles. The Balaban J connectivity index is 1.36. The molecule has 0 radical (unpaired) electrons. The minimum absolute atomic E-state index is 0.0986. The van der Waals surface area contributed by atoms with Crippen LogP contribution in [-0.2, 0) is 45.8 Å². The topological polar surface area (TPSA) is 154 Å². The van der Waals surface area contributed by atoms with Gasteiger partial charge in [-0.2, -0.15) is 0 Å². The predicted molar refractivity (Wildman–Crippen MR) is 220 cm³/mol. The van der Waals surface area contributed by atoms with E-state index in [0.717, 1.165) is 33.4 Å². The van der Waals surface area contributed by atoms with E-state index in [2.05, 4.69) is 39.1 Å². The summed E-state index contributed by atoms with van der Waals surface area (Å²) in [5.74, 6) is -1.56. The number of nitrogens with zero attached hydrogens (tertiary/aromatic N) is 3. The van der Waals surface area contributed by atoms with Gasteiger partial charge in [0.05, 0.1) is 33.0 Å². The lowest BCUT2D eigenvalue weighted by molar-refractivity contribution is -0.228. The van der Waals surface area contributed by atoms with E-state index < -0.39 is 57.5 Å². The van der Waals surface area contributed by atoms with Crippen LogP contribution in [0.1, 0.15) is 75.3 Å². The fourth-order valence-electron chi connectivity index (χ4n) is 13.5. The van der Waals surface area contributed by atoms with Crippen molar-refractivity contribution in [2.45, 2.75) is 99.5 Å². The number of carbonyl (C=O) groups is 3. The van der Waals surface area contributed by atoms with E-state index in [-0.39, 0.29) is 12.0 Å². The number of aromatic nitrogens is 1. The number of methoxy groups -OCH3 is 3. The molecule has 2 saturated heterocycles. The average molecular weight is 811 g/mol. The normalized spacial score (nSPS) is 37.0. The van der Waals surface area contributed by atoms with Crippen molar-refractivity contribution in [1.29, 1.82) is 0 Å². The first-order chi connectivity index (χ1) is 28.2. The second-order valence-electron chi connectivity index (χ2n) is 18.2. The molecule has 5 aliphatic heterocycles. The lowest BCUT2D eigenvalue weighted by Crippen LogP contribution is -2.81. The van der Waals surface area contributed by atoms with Crippen LogP contribution in [0.2, 0.25) is 0 Å². The van der Waals surface area contributed by atoms with E-state index in [1.54, 1.807) is 7.11 Å². The van der Waals surface area contributed by atoms with Gasteiger partial charge in [0.1, 0.15) is 11.2 Å². The second-order valence-corrected chi connectivity index (χ2v) is 18.2. The first-order valence-electron chi connectivity index (χ1n) is 21.2. The molecule has 6 heterocycles. The molecule has 3 fully saturated rings. The van der Waals surface area contributed by atoms with Gasteiger partial charge in [0.25, 0.3) is 0 Å². The number of ether oxygens (including phenoxy) is 4. The van der Waals surface area contributed by atoms with Gasteiger partial charge in [0.2, 0.25) is 5.60 Å². The third-order valence-corrected chi connectivity index (χ3v) is 15.6. The summed E-state index contributed by atoms with van der Waals surface area (Å²) in [5, 5.41) is 26.3.